The number of β-amino-alcohol motifs (C(OH)–C–C–N with tert-alkyl or cyclic N) is 1. The number of hydrogen-bond donors (Lipinski definition) is 3. The van der Waals surface area contributed by atoms with Crippen LogP contribution in [0.3, 0.4) is 0 Å². The van der Waals surface area contributed by atoms with Crippen molar-refractivity contribution >= 4 is 17.5 Å². The van der Waals surface area contributed by atoms with E-state index in [0.717, 1.165) is 43.5 Å². The van der Waals surface area contributed by atoms with Gasteiger partial charge in [0, 0.05) is 17.8 Å². The van der Waals surface area contributed by atoms with Crippen molar-refractivity contribution < 1.29 is 19.1 Å². The molecule has 1 heterocycles. The second-order valence-electron chi connectivity index (χ2n) is 9.77. The first-order valence-electron chi connectivity index (χ1n) is 12.8. The first-order valence-corrected chi connectivity index (χ1v) is 12.8. The molecule has 194 valence electrons. The first-order chi connectivity index (χ1) is 17.9. The number of anilines is 1. The molecule has 1 fully saturated rings. The molecule has 0 spiro atoms. The Morgan fingerprint density at radius 2 is 1.70 bits per heavy atom. The van der Waals surface area contributed by atoms with Gasteiger partial charge in [0.05, 0.1) is 12.1 Å². The number of rotatable bonds is 9. The summed E-state index contributed by atoms with van der Waals surface area (Å²) in [5, 5.41) is 16.9. The number of aliphatic hydroxyl groups is 1. The Balaban J connectivity index is 1.35. The van der Waals surface area contributed by atoms with Gasteiger partial charge in [0.1, 0.15) is 5.82 Å². The number of ketones is 1. The molecule has 0 saturated carbocycles. The van der Waals surface area contributed by atoms with Gasteiger partial charge in [-0.05, 0) is 80.6 Å². The SMILES string of the molecule is CC(=O)c1cccc(NC(=O)N[C@H](c2ccccc2)[C@H](O)CN2CCC(Cc3ccc(F)cc3)CC2)c1. The zero-order chi connectivity index (χ0) is 26.2. The van der Waals surface area contributed by atoms with E-state index >= 15 is 0 Å². The predicted molar refractivity (Wildman–Crippen MR) is 143 cm³/mol. The number of amides is 2. The molecule has 1 aliphatic rings. The Labute approximate surface area is 217 Å². The lowest BCUT2D eigenvalue weighted by molar-refractivity contribution is 0.0657. The highest BCUT2D eigenvalue weighted by Crippen LogP contribution is 2.24. The minimum atomic E-state index is -0.814. The number of piperidine rings is 1. The van der Waals surface area contributed by atoms with Gasteiger partial charge in [0.2, 0.25) is 0 Å². The number of likely N-dealkylation sites (tertiary alicyclic amines) is 1. The number of urea groups is 1. The van der Waals surface area contributed by atoms with E-state index in [1.54, 1.807) is 24.3 Å². The summed E-state index contributed by atoms with van der Waals surface area (Å²) in [6, 6.07) is 21.9. The van der Waals surface area contributed by atoms with Crippen LogP contribution in [0.25, 0.3) is 0 Å². The molecule has 1 aliphatic heterocycles. The van der Waals surface area contributed by atoms with Crippen molar-refractivity contribution in [2.45, 2.75) is 38.3 Å². The monoisotopic (exact) mass is 503 g/mol. The third-order valence-electron chi connectivity index (χ3n) is 6.95. The number of halogens is 1. The Bertz CT molecular complexity index is 1180. The fourth-order valence-electron chi connectivity index (χ4n) is 4.88. The molecule has 2 amide bonds. The largest absolute Gasteiger partial charge is 0.389 e. The summed E-state index contributed by atoms with van der Waals surface area (Å²) in [7, 11) is 0. The molecule has 6 nitrogen and oxygen atoms in total. The third-order valence-corrected chi connectivity index (χ3v) is 6.95. The average molecular weight is 504 g/mol. The zero-order valence-electron chi connectivity index (χ0n) is 21.1. The van der Waals surface area contributed by atoms with Crippen molar-refractivity contribution in [3.05, 3.63) is 101 Å². The van der Waals surface area contributed by atoms with E-state index in [9.17, 15) is 19.1 Å². The summed E-state index contributed by atoms with van der Waals surface area (Å²) >= 11 is 0. The number of carbonyl (C=O) groups is 2. The van der Waals surface area contributed by atoms with Crippen LogP contribution < -0.4 is 10.6 Å². The number of benzene rings is 3. The molecule has 1 saturated heterocycles. The Morgan fingerprint density at radius 1 is 1.00 bits per heavy atom. The van der Waals surface area contributed by atoms with Gasteiger partial charge < -0.3 is 20.6 Å². The summed E-state index contributed by atoms with van der Waals surface area (Å²) in [5.74, 6) is 0.230. The Hall–Kier alpha value is -3.55. The van der Waals surface area contributed by atoms with Crippen LogP contribution in [0.2, 0.25) is 0 Å². The van der Waals surface area contributed by atoms with E-state index in [4.69, 9.17) is 0 Å². The van der Waals surface area contributed by atoms with Gasteiger partial charge >= 0.3 is 6.03 Å². The molecule has 0 aromatic heterocycles. The summed E-state index contributed by atoms with van der Waals surface area (Å²) in [5.41, 5.74) is 2.98. The first kappa shape index (κ1) is 26.5. The Morgan fingerprint density at radius 3 is 2.38 bits per heavy atom. The van der Waals surface area contributed by atoms with Crippen LogP contribution in [0.5, 0.6) is 0 Å². The van der Waals surface area contributed by atoms with E-state index in [1.807, 2.05) is 42.5 Å². The fourth-order valence-corrected chi connectivity index (χ4v) is 4.88. The second kappa shape index (κ2) is 12.6. The lowest BCUT2D eigenvalue weighted by Crippen LogP contribution is -2.46. The molecular formula is C30H34FN3O3. The maximum Gasteiger partial charge on any atom is 0.319 e. The molecule has 3 aromatic rings. The van der Waals surface area contributed by atoms with Crippen molar-refractivity contribution in [3.8, 4) is 0 Å². The molecular weight excluding hydrogens is 469 g/mol. The number of nitrogens with one attached hydrogen (secondary N) is 2. The van der Waals surface area contributed by atoms with E-state index in [-0.39, 0.29) is 11.6 Å². The number of hydrogen-bond acceptors (Lipinski definition) is 4. The number of carbonyl (C=O) groups excluding carboxylic acids is 2. The molecule has 7 heteroatoms. The van der Waals surface area contributed by atoms with Gasteiger partial charge in [0.15, 0.2) is 5.78 Å². The second-order valence-corrected chi connectivity index (χ2v) is 9.77. The quantitative estimate of drug-likeness (QED) is 0.350. The highest BCUT2D eigenvalue weighted by Gasteiger charge is 2.27. The van der Waals surface area contributed by atoms with Crippen LogP contribution in [0.15, 0.2) is 78.9 Å². The van der Waals surface area contributed by atoms with E-state index in [0.29, 0.717) is 23.7 Å². The lowest BCUT2D eigenvalue weighted by Gasteiger charge is -2.35. The molecule has 4 rings (SSSR count). The molecule has 37 heavy (non-hydrogen) atoms. The summed E-state index contributed by atoms with van der Waals surface area (Å²) < 4.78 is 13.2. The van der Waals surface area contributed by atoms with Gasteiger partial charge in [-0.25, -0.2) is 9.18 Å². The minimum absolute atomic E-state index is 0.0805. The number of nitrogens with zero attached hydrogens (tertiary/aromatic N) is 1. The maximum atomic E-state index is 13.2. The maximum absolute atomic E-state index is 13.2. The number of Topliss-reactive ketones (excluding diaryl/α,β-unsaturated/α-hetero) is 1. The standard InChI is InChI=1S/C30H34FN3O3/c1-21(35)25-8-5-9-27(19-25)32-30(37)33-29(24-6-3-2-4-7-24)28(36)20-34-16-14-23(15-17-34)18-22-10-12-26(31)13-11-22/h2-13,19,23,28-29,36H,14-18,20H2,1H3,(H2,32,33,37)/t28-,29-/m1/s1. The molecule has 3 aromatic carbocycles. The zero-order valence-corrected chi connectivity index (χ0v) is 21.1. The molecule has 0 bridgehead atoms. The van der Waals surface area contributed by atoms with Crippen LogP contribution in [0.4, 0.5) is 14.9 Å². The van der Waals surface area contributed by atoms with Gasteiger partial charge in [-0.15, -0.1) is 0 Å². The highest BCUT2D eigenvalue weighted by molar-refractivity contribution is 5.96. The van der Waals surface area contributed by atoms with Crippen LogP contribution in [-0.4, -0.2) is 47.6 Å². The van der Waals surface area contributed by atoms with E-state index < -0.39 is 18.2 Å². The highest BCUT2D eigenvalue weighted by atomic mass is 19.1. The van der Waals surface area contributed by atoms with Crippen LogP contribution in [-0.2, 0) is 6.42 Å². The van der Waals surface area contributed by atoms with E-state index in [1.165, 1.54) is 19.1 Å². The number of aliphatic hydroxyl groups excluding tert-OH is 1. The molecule has 0 aliphatic carbocycles. The van der Waals surface area contributed by atoms with Gasteiger partial charge in [-0.3, -0.25) is 4.79 Å². The Kier molecular flexibility index (Phi) is 9.04. The average Bonchev–Trinajstić information content (AvgIpc) is 2.90. The summed E-state index contributed by atoms with van der Waals surface area (Å²) in [6.07, 6.45) is 2.11. The third kappa shape index (κ3) is 7.71. The molecule has 3 N–H and O–H groups in total. The van der Waals surface area contributed by atoms with E-state index in [2.05, 4.69) is 15.5 Å². The van der Waals surface area contributed by atoms with Crippen LogP contribution >= 0.6 is 0 Å². The van der Waals surface area contributed by atoms with Gasteiger partial charge in [-0.2, -0.15) is 0 Å². The van der Waals surface area contributed by atoms with Gasteiger partial charge in [-0.1, -0.05) is 54.6 Å². The topological polar surface area (TPSA) is 81.7 Å². The lowest BCUT2D eigenvalue weighted by atomic mass is 9.90. The smallest absolute Gasteiger partial charge is 0.319 e. The van der Waals surface area contributed by atoms with Crippen molar-refractivity contribution in [1.29, 1.82) is 0 Å². The van der Waals surface area contributed by atoms with Crippen LogP contribution in [0.1, 0.15) is 47.3 Å². The summed E-state index contributed by atoms with van der Waals surface area (Å²) in [6.45, 7) is 3.62. The molecule has 0 radical (unpaired) electrons. The molecule has 2 atom stereocenters. The molecule has 0 unspecified atom stereocenters. The van der Waals surface area contributed by atoms with Gasteiger partial charge in [0.25, 0.3) is 0 Å². The minimum Gasteiger partial charge on any atom is -0.389 e. The van der Waals surface area contributed by atoms with Crippen molar-refractivity contribution in [2.75, 3.05) is 25.0 Å². The van der Waals surface area contributed by atoms with Crippen molar-refractivity contribution in [3.63, 3.8) is 0 Å². The predicted octanol–water partition coefficient (Wildman–Crippen LogP) is 5.21. The van der Waals surface area contributed by atoms with Crippen LogP contribution in [0, 0.1) is 11.7 Å². The normalized spacial score (nSPS) is 16.1. The summed E-state index contributed by atoms with van der Waals surface area (Å²) in [4.78, 5) is 26.8. The van der Waals surface area contributed by atoms with Crippen molar-refractivity contribution in [2.24, 2.45) is 5.92 Å². The fraction of sp³-hybridized carbons (Fsp3) is 0.333. The van der Waals surface area contributed by atoms with Crippen molar-refractivity contribution in [1.82, 2.24) is 10.2 Å².